The second-order valence-corrected chi connectivity index (χ2v) is 9.22. The third kappa shape index (κ3) is 7.35. The lowest BCUT2D eigenvalue weighted by molar-refractivity contribution is -0.140. The lowest BCUT2D eigenvalue weighted by Crippen LogP contribution is -2.26. The summed E-state index contributed by atoms with van der Waals surface area (Å²) in [5.41, 5.74) is 7.93. The van der Waals surface area contributed by atoms with Crippen molar-refractivity contribution < 1.29 is 23.8 Å². The number of benzene rings is 3. The molecule has 196 valence electrons. The van der Waals surface area contributed by atoms with Gasteiger partial charge in [-0.2, -0.15) is 0 Å². The van der Waals surface area contributed by atoms with Crippen molar-refractivity contribution >= 4 is 11.9 Å². The van der Waals surface area contributed by atoms with Crippen molar-refractivity contribution in [1.82, 2.24) is 5.32 Å². The molecule has 0 aliphatic carbocycles. The van der Waals surface area contributed by atoms with Crippen molar-refractivity contribution in [2.45, 2.75) is 60.2 Å². The Balaban J connectivity index is 1.59. The molecule has 0 fully saturated rings. The Kier molecular flexibility index (Phi) is 9.72. The number of ether oxygens (including phenoxy) is 3. The molecule has 3 rings (SSSR count). The first kappa shape index (κ1) is 27.8. The topological polar surface area (TPSA) is 73.9 Å². The predicted molar refractivity (Wildman–Crippen MR) is 145 cm³/mol. The zero-order valence-corrected chi connectivity index (χ0v) is 22.6. The number of carbonyl (C=O) groups excluding carboxylic acids is 2. The minimum absolute atomic E-state index is 0.127. The molecule has 1 unspecified atom stereocenters. The van der Waals surface area contributed by atoms with E-state index < -0.39 is 0 Å². The van der Waals surface area contributed by atoms with E-state index in [0.717, 1.165) is 17.7 Å². The molecule has 1 amide bonds. The predicted octanol–water partition coefficient (Wildman–Crippen LogP) is 6.32. The summed E-state index contributed by atoms with van der Waals surface area (Å²) in [6.45, 7) is 11.4. The summed E-state index contributed by atoms with van der Waals surface area (Å²) < 4.78 is 16.9. The van der Waals surface area contributed by atoms with Gasteiger partial charge in [0.25, 0.3) is 5.91 Å². The van der Waals surface area contributed by atoms with Gasteiger partial charge in [-0.1, -0.05) is 25.1 Å². The van der Waals surface area contributed by atoms with Crippen LogP contribution < -0.4 is 14.8 Å². The molecule has 0 saturated heterocycles. The highest BCUT2D eigenvalue weighted by Gasteiger charge is 2.14. The molecule has 0 saturated carbocycles. The van der Waals surface area contributed by atoms with Gasteiger partial charge in [-0.15, -0.1) is 0 Å². The molecular formula is C31H37NO5. The number of nitrogens with one attached hydrogen (secondary N) is 1. The van der Waals surface area contributed by atoms with E-state index in [1.807, 2.05) is 24.3 Å². The van der Waals surface area contributed by atoms with Crippen LogP contribution in [0.4, 0.5) is 0 Å². The summed E-state index contributed by atoms with van der Waals surface area (Å²) in [5.74, 6) is 0.892. The highest BCUT2D eigenvalue weighted by molar-refractivity contribution is 5.94. The maximum atomic E-state index is 12.3. The number of amides is 1. The van der Waals surface area contributed by atoms with Crippen LogP contribution in [0, 0.1) is 27.7 Å². The van der Waals surface area contributed by atoms with Gasteiger partial charge in [-0.3, -0.25) is 9.59 Å². The third-order valence-electron chi connectivity index (χ3n) is 6.76. The van der Waals surface area contributed by atoms with Crippen molar-refractivity contribution in [2.75, 3.05) is 13.7 Å². The van der Waals surface area contributed by atoms with Crippen LogP contribution in [0.3, 0.4) is 0 Å². The van der Waals surface area contributed by atoms with E-state index in [9.17, 15) is 9.59 Å². The number of hydrogen-bond acceptors (Lipinski definition) is 5. The van der Waals surface area contributed by atoms with Crippen LogP contribution in [0.1, 0.15) is 69.6 Å². The van der Waals surface area contributed by atoms with Crippen LogP contribution in [0.5, 0.6) is 11.5 Å². The summed E-state index contributed by atoms with van der Waals surface area (Å²) in [4.78, 5) is 23.4. The highest BCUT2D eigenvalue weighted by Crippen LogP contribution is 2.28. The van der Waals surface area contributed by atoms with Crippen LogP contribution in [0.25, 0.3) is 0 Å². The van der Waals surface area contributed by atoms with Crippen LogP contribution in [-0.2, 0) is 16.1 Å². The first-order valence-electron chi connectivity index (χ1n) is 12.6. The molecule has 0 aromatic heterocycles. The summed E-state index contributed by atoms with van der Waals surface area (Å²) in [6.07, 6.45) is 0.797. The molecule has 6 heteroatoms. The van der Waals surface area contributed by atoms with Gasteiger partial charge in [0, 0.05) is 12.1 Å². The maximum Gasteiger partial charge on any atom is 0.307 e. The number of esters is 1. The standard InChI is InChI=1S/C31H37NO5/c1-7-29(37-27-14-10-25(11-15-27)31(34)32-17-16-30(33)35-6)24-8-12-26(13-9-24)36-19-28-22(4)20(2)18-21(3)23(28)5/h8-15,18,29H,7,16-17,19H2,1-6H3,(H,32,34). The van der Waals surface area contributed by atoms with E-state index >= 15 is 0 Å². The number of hydrogen-bond donors (Lipinski definition) is 1. The minimum atomic E-state index is -0.360. The first-order valence-corrected chi connectivity index (χ1v) is 12.6. The average molecular weight is 504 g/mol. The molecule has 0 radical (unpaired) electrons. The monoisotopic (exact) mass is 503 g/mol. The van der Waals surface area contributed by atoms with E-state index in [4.69, 9.17) is 9.47 Å². The summed E-state index contributed by atoms with van der Waals surface area (Å²) >= 11 is 0. The zero-order valence-electron chi connectivity index (χ0n) is 22.6. The Morgan fingerprint density at radius 1 is 0.865 bits per heavy atom. The SMILES string of the molecule is CCC(Oc1ccc(C(=O)NCCC(=O)OC)cc1)c1ccc(OCc2c(C)c(C)cc(C)c2C)cc1. The molecule has 3 aromatic carbocycles. The molecule has 0 bridgehead atoms. The van der Waals surface area contributed by atoms with Crippen LogP contribution in [-0.4, -0.2) is 25.5 Å². The zero-order chi connectivity index (χ0) is 26.9. The first-order chi connectivity index (χ1) is 17.7. The van der Waals surface area contributed by atoms with Crippen molar-refractivity contribution in [3.05, 3.63) is 93.5 Å². The second kappa shape index (κ2) is 12.9. The van der Waals surface area contributed by atoms with Crippen LogP contribution in [0.2, 0.25) is 0 Å². The molecule has 0 spiro atoms. The molecule has 37 heavy (non-hydrogen) atoms. The molecule has 1 N–H and O–H groups in total. The van der Waals surface area contributed by atoms with E-state index in [-0.39, 0.29) is 30.9 Å². The minimum Gasteiger partial charge on any atom is -0.489 e. The third-order valence-corrected chi connectivity index (χ3v) is 6.76. The lowest BCUT2D eigenvalue weighted by atomic mass is 9.95. The highest BCUT2D eigenvalue weighted by atomic mass is 16.5. The Morgan fingerprint density at radius 3 is 2.03 bits per heavy atom. The van der Waals surface area contributed by atoms with E-state index in [0.29, 0.717) is 17.9 Å². The summed E-state index contributed by atoms with van der Waals surface area (Å²) in [6, 6.07) is 17.2. The van der Waals surface area contributed by atoms with E-state index in [1.54, 1.807) is 24.3 Å². The van der Waals surface area contributed by atoms with Crippen LogP contribution >= 0.6 is 0 Å². The quantitative estimate of drug-likeness (QED) is 0.310. The van der Waals surface area contributed by atoms with E-state index in [1.165, 1.54) is 34.9 Å². The van der Waals surface area contributed by atoms with Gasteiger partial charge in [-0.25, -0.2) is 0 Å². The van der Waals surface area contributed by atoms with Crippen LogP contribution in [0.15, 0.2) is 54.6 Å². The average Bonchev–Trinajstić information content (AvgIpc) is 2.91. The molecular weight excluding hydrogens is 466 g/mol. The Hall–Kier alpha value is -3.80. The summed E-state index contributed by atoms with van der Waals surface area (Å²) in [7, 11) is 1.32. The number of rotatable bonds is 11. The van der Waals surface area contributed by atoms with Gasteiger partial charge in [-0.05, 0) is 104 Å². The number of aryl methyl sites for hydroxylation is 2. The van der Waals surface area contributed by atoms with Gasteiger partial charge in [0.15, 0.2) is 0 Å². The van der Waals surface area contributed by atoms with Crippen molar-refractivity contribution in [2.24, 2.45) is 0 Å². The van der Waals surface area contributed by atoms with Gasteiger partial charge >= 0.3 is 5.97 Å². The number of carbonyl (C=O) groups is 2. The van der Waals surface area contributed by atoms with Crippen molar-refractivity contribution in [3.63, 3.8) is 0 Å². The molecule has 0 heterocycles. The fourth-order valence-electron chi connectivity index (χ4n) is 4.17. The molecule has 0 aliphatic rings. The van der Waals surface area contributed by atoms with Crippen molar-refractivity contribution in [1.29, 1.82) is 0 Å². The lowest BCUT2D eigenvalue weighted by Gasteiger charge is -2.19. The van der Waals surface area contributed by atoms with Gasteiger partial charge in [0.1, 0.15) is 24.2 Å². The van der Waals surface area contributed by atoms with E-state index in [2.05, 4.69) is 50.7 Å². The Bertz CT molecular complexity index is 1190. The fraction of sp³-hybridized carbons (Fsp3) is 0.355. The normalized spacial score (nSPS) is 11.5. The molecule has 1 atom stereocenters. The van der Waals surface area contributed by atoms with Crippen molar-refractivity contribution in [3.8, 4) is 11.5 Å². The fourth-order valence-corrected chi connectivity index (χ4v) is 4.17. The van der Waals surface area contributed by atoms with Gasteiger partial charge < -0.3 is 19.5 Å². The van der Waals surface area contributed by atoms with Gasteiger partial charge in [0.2, 0.25) is 0 Å². The smallest absolute Gasteiger partial charge is 0.307 e. The summed E-state index contributed by atoms with van der Waals surface area (Å²) in [5, 5.41) is 2.71. The second-order valence-electron chi connectivity index (χ2n) is 9.22. The largest absolute Gasteiger partial charge is 0.489 e. The molecule has 0 aliphatic heterocycles. The molecule has 3 aromatic rings. The maximum absolute atomic E-state index is 12.3. The number of methoxy groups -OCH3 is 1. The molecule has 6 nitrogen and oxygen atoms in total. The Labute approximate surface area is 220 Å². The Morgan fingerprint density at radius 2 is 1.46 bits per heavy atom. The van der Waals surface area contributed by atoms with Gasteiger partial charge in [0.05, 0.1) is 13.5 Å².